The second-order valence-electron chi connectivity index (χ2n) is 6.07. The molecule has 0 radical (unpaired) electrons. The van der Waals surface area contributed by atoms with Crippen molar-refractivity contribution >= 4 is 11.6 Å². The molecule has 1 aromatic carbocycles. The van der Waals surface area contributed by atoms with Crippen molar-refractivity contribution in [3.63, 3.8) is 0 Å². The van der Waals surface area contributed by atoms with Gasteiger partial charge in [-0.1, -0.05) is 25.1 Å². The van der Waals surface area contributed by atoms with Crippen molar-refractivity contribution in [2.24, 2.45) is 0 Å². The number of carbonyl (C=O) groups is 1. The van der Waals surface area contributed by atoms with Gasteiger partial charge in [0.15, 0.2) is 0 Å². The molecule has 1 heterocycles. The van der Waals surface area contributed by atoms with Crippen molar-refractivity contribution in [3.05, 3.63) is 29.8 Å². The predicted octanol–water partition coefficient (Wildman–Crippen LogP) is 2.23. The third kappa shape index (κ3) is 3.31. The highest BCUT2D eigenvalue weighted by Crippen LogP contribution is 2.33. The van der Waals surface area contributed by atoms with E-state index in [1.807, 2.05) is 43.0 Å². The van der Waals surface area contributed by atoms with Crippen LogP contribution in [0.15, 0.2) is 24.3 Å². The van der Waals surface area contributed by atoms with Crippen LogP contribution in [0.5, 0.6) is 0 Å². The Balaban J connectivity index is 2.08. The van der Waals surface area contributed by atoms with Crippen molar-refractivity contribution in [2.75, 3.05) is 18.0 Å². The van der Waals surface area contributed by atoms with Crippen LogP contribution in [0.3, 0.4) is 0 Å². The third-order valence-electron chi connectivity index (χ3n) is 4.01. The molecular formula is C16H24N2O2. The highest BCUT2D eigenvalue weighted by atomic mass is 16.3. The van der Waals surface area contributed by atoms with Crippen molar-refractivity contribution < 1.29 is 9.90 Å². The van der Waals surface area contributed by atoms with Gasteiger partial charge in [0.2, 0.25) is 5.91 Å². The first-order chi connectivity index (χ1) is 9.43. The zero-order valence-corrected chi connectivity index (χ0v) is 12.5. The number of rotatable bonds is 4. The fourth-order valence-corrected chi connectivity index (χ4v) is 2.45. The van der Waals surface area contributed by atoms with E-state index < -0.39 is 6.10 Å². The maximum Gasteiger partial charge on any atom is 0.239 e. The Morgan fingerprint density at radius 3 is 2.85 bits per heavy atom. The molecule has 110 valence electrons. The number of carbonyl (C=O) groups excluding carboxylic acids is 1. The van der Waals surface area contributed by atoms with Crippen LogP contribution in [0, 0.1) is 0 Å². The minimum atomic E-state index is -0.419. The maximum atomic E-state index is 12.2. The summed E-state index contributed by atoms with van der Waals surface area (Å²) in [5, 5.41) is 13.1. The van der Waals surface area contributed by atoms with Gasteiger partial charge < -0.3 is 15.3 Å². The maximum absolute atomic E-state index is 12.2. The lowest BCUT2D eigenvalue weighted by molar-refractivity contribution is -0.121. The summed E-state index contributed by atoms with van der Waals surface area (Å²) >= 11 is 0. The highest BCUT2D eigenvalue weighted by molar-refractivity contribution is 5.82. The summed E-state index contributed by atoms with van der Waals surface area (Å²) in [6.45, 7) is 7.16. The Morgan fingerprint density at radius 2 is 2.15 bits per heavy atom. The molecule has 0 aliphatic carbocycles. The smallest absolute Gasteiger partial charge is 0.239 e. The molecule has 0 saturated carbocycles. The van der Waals surface area contributed by atoms with Gasteiger partial charge in [-0.2, -0.15) is 0 Å². The topological polar surface area (TPSA) is 52.6 Å². The van der Waals surface area contributed by atoms with Crippen LogP contribution < -0.4 is 10.2 Å². The van der Waals surface area contributed by atoms with Crippen molar-refractivity contribution in [3.8, 4) is 0 Å². The van der Waals surface area contributed by atoms with Crippen LogP contribution in [0.4, 0.5) is 5.69 Å². The van der Waals surface area contributed by atoms with E-state index in [0.29, 0.717) is 19.5 Å². The van der Waals surface area contributed by atoms with Crippen molar-refractivity contribution in [1.82, 2.24) is 5.32 Å². The summed E-state index contributed by atoms with van der Waals surface area (Å²) in [4.78, 5) is 14.2. The van der Waals surface area contributed by atoms with Gasteiger partial charge in [-0.25, -0.2) is 0 Å². The quantitative estimate of drug-likeness (QED) is 0.886. The number of fused-ring (bicyclic) bond motifs is 1. The number of aliphatic hydroxyl groups excluding tert-OH is 1. The average Bonchev–Trinajstić information content (AvgIpc) is 2.42. The molecule has 0 fully saturated rings. The molecule has 4 nitrogen and oxygen atoms in total. The normalized spacial score (nSPS) is 18.6. The molecule has 0 bridgehead atoms. The van der Waals surface area contributed by atoms with E-state index in [1.165, 1.54) is 0 Å². The van der Waals surface area contributed by atoms with Crippen LogP contribution >= 0.6 is 0 Å². The summed E-state index contributed by atoms with van der Waals surface area (Å²) < 4.78 is 0. The summed E-state index contributed by atoms with van der Waals surface area (Å²) in [7, 11) is 0. The fourth-order valence-electron chi connectivity index (χ4n) is 2.45. The first kappa shape index (κ1) is 14.9. The van der Waals surface area contributed by atoms with Gasteiger partial charge in [0.1, 0.15) is 0 Å². The molecule has 1 aliphatic heterocycles. The van der Waals surface area contributed by atoms with E-state index in [-0.39, 0.29) is 11.4 Å². The van der Waals surface area contributed by atoms with Crippen LogP contribution in [0.2, 0.25) is 0 Å². The molecule has 1 atom stereocenters. The number of aliphatic hydroxyl groups is 1. The Labute approximate surface area is 120 Å². The van der Waals surface area contributed by atoms with Crippen LogP contribution in [0.25, 0.3) is 0 Å². The van der Waals surface area contributed by atoms with E-state index in [0.717, 1.165) is 17.7 Å². The number of nitrogens with zero attached hydrogens (tertiary/aromatic N) is 1. The Bertz CT molecular complexity index is 485. The number of hydrogen-bond acceptors (Lipinski definition) is 3. The second kappa shape index (κ2) is 5.83. The molecule has 2 rings (SSSR count). The van der Waals surface area contributed by atoms with Crippen LogP contribution in [-0.2, 0) is 4.79 Å². The predicted molar refractivity (Wildman–Crippen MR) is 80.7 cm³/mol. The molecule has 0 aromatic heterocycles. The molecule has 4 heteroatoms. The Hall–Kier alpha value is -1.55. The van der Waals surface area contributed by atoms with Gasteiger partial charge in [0.05, 0.1) is 12.6 Å². The number of hydrogen-bond donors (Lipinski definition) is 2. The number of benzene rings is 1. The molecule has 1 amide bonds. The lowest BCUT2D eigenvalue weighted by Crippen LogP contribution is -2.48. The molecular weight excluding hydrogens is 252 g/mol. The Kier molecular flexibility index (Phi) is 4.33. The van der Waals surface area contributed by atoms with Gasteiger partial charge >= 0.3 is 0 Å². The van der Waals surface area contributed by atoms with E-state index >= 15 is 0 Å². The minimum absolute atomic E-state index is 0.0306. The van der Waals surface area contributed by atoms with Crippen LogP contribution in [-0.4, -0.2) is 29.6 Å². The molecule has 20 heavy (non-hydrogen) atoms. The Morgan fingerprint density at radius 1 is 1.45 bits per heavy atom. The van der Waals surface area contributed by atoms with Crippen LogP contribution in [0.1, 0.15) is 45.3 Å². The largest absolute Gasteiger partial charge is 0.388 e. The number of para-hydroxylation sites is 1. The zero-order valence-electron chi connectivity index (χ0n) is 12.5. The zero-order chi connectivity index (χ0) is 14.8. The van der Waals surface area contributed by atoms with Gasteiger partial charge in [-0.05, 0) is 32.8 Å². The number of amides is 1. The van der Waals surface area contributed by atoms with Gasteiger partial charge in [-0.3, -0.25) is 4.79 Å². The fraction of sp³-hybridized carbons (Fsp3) is 0.562. The summed E-state index contributed by atoms with van der Waals surface area (Å²) in [6.07, 6.45) is 1.15. The van der Waals surface area contributed by atoms with E-state index in [1.54, 1.807) is 0 Å². The molecule has 0 saturated heterocycles. The first-order valence-electron chi connectivity index (χ1n) is 7.26. The minimum Gasteiger partial charge on any atom is -0.388 e. The standard InChI is InChI=1S/C16H24N2O2/c1-4-16(2,3)17-15(20)11-18-10-9-14(19)12-7-5-6-8-13(12)18/h5-8,14,19H,4,9-11H2,1-3H3,(H,17,20). The lowest BCUT2D eigenvalue weighted by atomic mass is 9.98. The molecule has 1 unspecified atom stereocenters. The third-order valence-corrected chi connectivity index (χ3v) is 4.01. The van der Waals surface area contributed by atoms with Gasteiger partial charge in [0.25, 0.3) is 0 Å². The second-order valence-corrected chi connectivity index (χ2v) is 6.07. The van der Waals surface area contributed by atoms with E-state index in [4.69, 9.17) is 0 Å². The molecule has 1 aliphatic rings. The average molecular weight is 276 g/mol. The SMILES string of the molecule is CCC(C)(C)NC(=O)CN1CCC(O)c2ccccc21. The monoisotopic (exact) mass is 276 g/mol. The summed E-state index contributed by atoms with van der Waals surface area (Å²) in [5.41, 5.74) is 1.71. The van der Waals surface area contributed by atoms with E-state index in [9.17, 15) is 9.90 Å². The number of anilines is 1. The summed E-state index contributed by atoms with van der Waals surface area (Å²) in [5.74, 6) is 0.0306. The summed E-state index contributed by atoms with van der Waals surface area (Å²) in [6, 6.07) is 7.76. The lowest BCUT2D eigenvalue weighted by Gasteiger charge is -2.34. The number of nitrogens with one attached hydrogen (secondary N) is 1. The van der Waals surface area contributed by atoms with Gasteiger partial charge in [0, 0.05) is 23.3 Å². The van der Waals surface area contributed by atoms with Crippen molar-refractivity contribution in [1.29, 1.82) is 0 Å². The first-order valence-corrected chi connectivity index (χ1v) is 7.26. The van der Waals surface area contributed by atoms with E-state index in [2.05, 4.69) is 12.2 Å². The molecule has 1 aromatic rings. The van der Waals surface area contributed by atoms with Crippen molar-refractivity contribution in [2.45, 2.75) is 45.3 Å². The molecule has 2 N–H and O–H groups in total. The molecule has 0 spiro atoms. The van der Waals surface area contributed by atoms with Gasteiger partial charge in [-0.15, -0.1) is 0 Å². The highest BCUT2D eigenvalue weighted by Gasteiger charge is 2.26.